The minimum absolute atomic E-state index is 0.0675. The molecule has 110 valence electrons. The minimum Gasteiger partial charge on any atom is -0.313 e. The summed E-state index contributed by atoms with van der Waals surface area (Å²) in [5, 5.41) is 3.11. The lowest BCUT2D eigenvalue weighted by Gasteiger charge is -2.14. The van der Waals surface area contributed by atoms with Gasteiger partial charge < -0.3 is 5.32 Å². The molecule has 19 heavy (non-hydrogen) atoms. The molecule has 1 atom stereocenters. The number of rotatable bonds is 8. The first kappa shape index (κ1) is 16.6. The molecule has 0 aromatic carbocycles. The Kier molecular flexibility index (Phi) is 6.46. The lowest BCUT2D eigenvalue weighted by atomic mass is 10.2. The molecule has 1 heterocycles. The quantitative estimate of drug-likeness (QED) is 0.771. The Morgan fingerprint density at radius 3 is 2.47 bits per heavy atom. The molecule has 1 rings (SSSR count). The summed E-state index contributed by atoms with van der Waals surface area (Å²) in [6.07, 6.45) is 0.745. The van der Waals surface area contributed by atoms with Crippen LogP contribution in [0.4, 0.5) is 0 Å². The van der Waals surface area contributed by atoms with Crippen molar-refractivity contribution in [2.75, 3.05) is 12.3 Å². The number of aryl methyl sites for hydroxylation is 1. The first-order valence-electron chi connectivity index (χ1n) is 6.57. The Morgan fingerprint density at radius 2 is 1.95 bits per heavy atom. The van der Waals surface area contributed by atoms with E-state index in [9.17, 15) is 8.42 Å². The van der Waals surface area contributed by atoms with Crippen molar-refractivity contribution in [1.82, 2.24) is 10.0 Å². The highest BCUT2D eigenvalue weighted by molar-refractivity contribution is 7.89. The van der Waals surface area contributed by atoms with Crippen LogP contribution >= 0.6 is 11.3 Å². The van der Waals surface area contributed by atoms with Gasteiger partial charge >= 0.3 is 0 Å². The predicted octanol–water partition coefficient (Wildman–Crippen LogP) is 1.90. The third-order valence-corrected chi connectivity index (χ3v) is 5.13. The topological polar surface area (TPSA) is 58.2 Å². The van der Waals surface area contributed by atoms with Crippen molar-refractivity contribution in [1.29, 1.82) is 0 Å². The van der Waals surface area contributed by atoms with Gasteiger partial charge in [-0.25, -0.2) is 13.1 Å². The zero-order valence-electron chi connectivity index (χ0n) is 12.1. The van der Waals surface area contributed by atoms with Crippen LogP contribution in [0.3, 0.4) is 0 Å². The summed E-state index contributed by atoms with van der Waals surface area (Å²) < 4.78 is 26.5. The maximum absolute atomic E-state index is 11.9. The summed E-state index contributed by atoms with van der Waals surface area (Å²) >= 11 is 1.72. The van der Waals surface area contributed by atoms with Crippen molar-refractivity contribution >= 4 is 21.4 Å². The zero-order valence-corrected chi connectivity index (χ0v) is 13.7. The maximum Gasteiger partial charge on any atom is 0.213 e. The molecule has 0 amide bonds. The van der Waals surface area contributed by atoms with Crippen molar-refractivity contribution in [2.45, 2.75) is 46.2 Å². The molecule has 1 aromatic heterocycles. The van der Waals surface area contributed by atoms with Gasteiger partial charge in [-0.05, 0) is 32.4 Å². The van der Waals surface area contributed by atoms with E-state index in [-0.39, 0.29) is 11.8 Å². The summed E-state index contributed by atoms with van der Waals surface area (Å²) in [6, 6.07) is 4.36. The van der Waals surface area contributed by atoms with Crippen molar-refractivity contribution < 1.29 is 8.42 Å². The van der Waals surface area contributed by atoms with Crippen molar-refractivity contribution in [3.05, 3.63) is 21.9 Å². The highest BCUT2D eigenvalue weighted by Gasteiger charge is 2.15. The Labute approximate surface area is 120 Å². The monoisotopic (exact) mass is 304 g/mol. The maximum atomic E-state index is 11.9. The van der Waals surface area contributed by atoms with Crippen LogP contribution in [0.5, 0.6) is 0 Å². The van der Waals surface area contributed by atoms with Gasteiger partial charge in [0, 0.05) is 28.4 Å². The minimum atomic E-state index is -3.20. The highest BCUT2D eigenvalue weighted by atomic mass is 32.2. The van der Waals surface area contributed by atoms with Gasteiger partial charge in [0.05, 0.1) is 5.75 Å². The van der Waals surface area contributed by atoms with Crippen LogP contribution in [0.1, 0.15) is 30.5 Å². The molecule has 0 fully saturated rings. The lowest BCUT2D eigenvalue weighted by Crippen LogP contribution is -2.39. The Balaban J connectivity index is 2.39. The number of hydrogen-bond acceptors (Lipinski definition) is 4. The van der Waals surface area contributed by atoms with Crippen molar-refractivity contribution in [3.8, 4) is 0 Å². The van der Waals surface area contributed by atoms with Gasteiger partial charge in [0.25, 0.3) is 0 Å². The summed E-state index contributed by atoms with van der Waals surface area (Å²) in [6.45, 7) is 8.45. The van der Waals surface area contributed by atoms with Gasteiger partial charge in [0.15, 0.2) is 0 Å². The van der Waals surface area contributed by atoms with E-state index in [2.05, 4.69) is 29.1 Å². The first-order valence-corrected chi connectivity index (χ1v) is 9.04. The third kappa shape index (κ3) is 7.06. The molecule has 0 aliphatic heterocycles. The van der Waals surface area contributed by atoms with E-state index in [0.717, 1.165) is 6.42 Å². The van der Waals surface area contributed by atoms with Gasteiger partial charge in [-0.2, -0.15) is 0 Å². The first-order chi connectivity index (χ1) is 8.78. The summed E-state index contributed by atoms with van der Waals surface area (Å²) in [5.74, 6) is 0.124. The summed E-state index contributed by atoms with van der Waals surface area (Å²) in [7, 11) is -3.20. The van der Waals surface area contributed by atoms with E-state index in [1.54, 1.807) is 11.3 Å². The smallest absolute Gasteiger partial charge is 0.213 e. The van der Waals surface area contributed by atoms with E-state index in [1.165, 1.54) is 9.75 Å². The number of hydrogen-bond donors (Lipinski definition) is 2. The molecule has 0 spiro atoms. The van der Waals surface area contributed by atoms with Crippen molar-refractivity contribution in [3.63, 3.8) is 0 Å². The van der Waals surface area contributed by atoms with E-state index in [1.807, 2.05) is 20.8 Å². The molecule has 0 saturated carbocycles. The molecule has 0 radical (unpaired) electrons. The highest BCUT2D eigenvalue weighted by Crippen LogP contribution is 2.16. The molecule has 0 aliphatic rings. The standard InChI is InChI=1S/C13H24N2O2S2/c1-10(2)14-7-8-19(16,17)15-11(3)9-13-6-5-12(4)18-13/h5-6,10-11,14-15H,7-9H2,1-4H3. The predicted molar refractivity (Wildman–Crippen MR) is 82.3 cm³/mol. The molecular formula is C13H24N2O2S2. The van der Waals surface area contributed by atoms with Gasteiger partial charge in [0.2, 0.25) is 10.0 Å². The molecule has 4 nitrogen and oxygen atoms in total. The number of thiophene rings is 1. The van der Waals surface area contributed by atoms with E-state index in [4.69, 9.17) is 0 Å². The van der Waals surface area contributed by atoms with E-state index in [0.29, 0.717) is 12.6 Å². The fraction of sp³-hybridized carbons (Fsp3) is 0.692. The second kappa shape index (κ2) is 7.38. The summed E-state index contributed by atoms with van der Waals surface area (Å²) in [4.78, 5) is 2.47. The fourth-order valence-corrected chi connectivity index (χ4v) is 4.01. The van der Waals surface area contributed by atoms with Crippen LogP contribution in [0.15, 0.2) is 12.1 Å². The number of sulfonamides is 1. The Morgan fingerprint density at radius 1 is 1.26 bits per heavy atom. The van der Waals surface area contributed by atoms with E-state index < -0.39 is 10.0 Å². The molecular weight excluding hydrogens is 280 g/mol. The van der Waals surface area contributed by atoms with Gasteiger partial charge in [0.1, 0.15) is 0 Å². The Bertz CT molecular complexity index is 481. The molecule has 0 bridgehead atoms. The molecule has 1 unspecified atom stereocenters. The largest absolute Gasteiger partial charge is 0.313 e. The van der Waals surface area contributed by atoms with Gasteiger partial charge in [-0.1, -0.05) is 13.8 Å². The molecule has 2 N–H and O–H groups in total. The Hall–Kier alpha value is -0.430. The van der Waals surface area contributed by atoms with Crippen LogP contribution < -0.4 is 10.0 Å². The third-order valence-electron chi connectivity index (χ3n) is 2.61. The molecule has 0 saturated heterocycles. The zero-order chi connectivity index (χ0) is 14.5. The normalized spacial score (nSPS) is 13.9. The second-order valence-corrected chi connectivity index (χ2v) is 8.41. The van der Waals surface area contributed by atoms with Gasteiger partial charge in [-0.3, -0.25) is 0 Å². The average molecular weight is 304 g/mol. The lowest BCUT2D eigenvalue weighted by molar-refractivity contribution is 0.550. The number of nitrogens with one attached hydrogen (secondary N) is 2. The van der Waals surface area contributed by atoms with Crippen LogP contribution in [-0.2, 0) is 16.4 Å². The molecule has 1 aromatic rings. The fourth-order valence-electron chi connectivity index (χ4n) is 1.79. The van der Waals surface area contributed by atoms with Crippen LogP contribution in [0.2, 0.25) is 0 Å². The van der Waals surface area contributed by atoms with Crippen molar-refractivity contribution in [2.24, 2.45) is 0 Å². The average Bonchev–Trinajstić information content (AvgIpc) is 2.61. The van der Waals surface area contributed by atoms with Gasteiger partial charge in [-0.15, -0.1) is 11.3 Å². The molecule has 6 heteroatoms. The van der Waals surface area contributed by atoms with Crippen LogP contribution in [0, 0.1) is 6.92 Å². The van der Waals surface area contributed by atoms with Crippen LogP contribution in [-0.4, -0.2) is 32.8 Å². The second-order valence-electron chi connectivity index (χ2n) is 5.16. The summed E-state index contributed by atoms with van der Waals surface area (Å²) in [5.41, 5.74) is 0. The SMILES string of the molecule is Cc1ccc(CC(C)NS(=O)(=O)CCNC(C)C)s1. The van der Waals surface area contributed by atoms with E-state index >= 15 is 0 Å². The van der Waals surface area contributed by atoms with Crippen LogP contribution in [0.25, 0.3) is 0 Å². The molecule has 0 aliphatic carbocycles.